The first-order valence-electron chi connectivity index (χ1n) is 4.93. The summed E-state index contributed by atoms with van der Waals surface area (Å²) in [6.45, 7) is -0.170. The third-order valence-electron chi connectivity index (χ3n) is 2.41. The Morgan fingerprint density at radius 3 is 2.59 bits per heavy atom. The van der Waals surface area contributed by atoms with Gasteiger partial charge in [-0.05, 0) is 27.6 Å². The number of morpholine rings is 1. The molecule has 0 spiro atoms. The number of amides is 2. The van der Waals surface area contributed by atoms with Crippen molar-refractivity contribution < 1.29 is 18.7 Å². The van der Waals surface area contributed by atoms with Crippen molar-refractivity contribution in [3.63, 3.8) is 0 Å². The lowest BCUT2D eigenvalue weighted by Crippen LogP contribution is -2.45. The molecule has 1 aromatic rings. The first-order chi connectivity index (χ1) is 8.09. The molecule has 1 saturated heterocycles. The standard InChI is InChI=1S/C11H9BrFNO3/c12-11-7(2-1-3-8(11)13)4-14-9(15)5-17-6-10(14)16/h1-3H,4-6H2. The van der Waals surface area contributed by atoms with Crippen LogP contribution >= 0.6 is 15.9 Å². The molecule has 4 nitrogen and oxygen atoms in total. The van der Waals surface area contributed by atoms with Crippen molar-refractivity contribution in [3.8, 4) is 0 Å². The number of rotatable bonds is 2. The van der Waals surface area contributed by atoms with E-state index in [0.717, 1.165) is 4.90 Å². The zero-order valence-corrected chi connectivity index (χ0v) is 10.4. The van der Waals surface area contributed by atoms with E-state index in [1.54, 1.807) is 6.07 Å². The molecule has 1 fully saturated rings. The summed E-state index contributed by atoms with van der Waals surface area (Å²) in [5.74, 6) is -1.23. The molecular formula is C11H9BrFNO3. The number of benzene rings is 1. The van der Waals surface area contributed by atoms with Gasteiger partial charge in [0.2, 0.25) is 0 Å². The van der Waals surface area contributed by atoms with Crippen LogP contribution in [0.2, 0.25) is 0 Å². The van der Waals surface area contributed by atoms with E-state index in [-0.39, 0.29) is 24.2 Å². The SMILES string of the molecule is O=C1COCC(=O)N1Cc1cccc(F)c1Br. The van der Waals surface area contributed by atoms with Crippen LogP contribution in [0.25, 0.3) is 0 Å². The van der Waals surface area contributed by atoms with Gasteiger partial charge in [0.1, 0.15) is 19.0 Å². The van der Waals surface area contributed by atoms with E-state index >= 15 is 0 Å². The van der Waals surface area contributed by atoms with Crippen molar-refractivity contribution in [2.45, 2.75) is 6.54 Å². The van der Waals surface area contributed by atoms with Crippen molar-refractivity contribution in [2.75, 3.05) is 13.2 Å². The lowest BCUT2D eigenvalue weighted by atomic mass is 10.2. The van der Waals surface area contributed by atoms with Gasteiger partial charge in [0.05, 0.1) is 11.0 Å². The highest BCUT2D eigenvalue weighted by molar-refractivity contribution is 9.10. The van der Waals surface area contributed by atoms with Gasteiger partial charge in [-0.1, -0.05) is 12.1 Å². The molecule has 0 aromatic heterocycles. The summed E-state index contributed by atoms with van der Waals surface area (Å²) in [7, 11) is 0. The quantitative estimate of drug-likeness (QED) is 0.777. The molecule has 1 aliphatic rings. The maximum atomic E-state index is 13.3. The Kier molecular flexibility index (Phi) is 3.54. The van der Waals surface area contributed by atoms with E-state index in [2.05, 4.69) is 15.9 Å². The minimum atomic E-state index is -0.421. The van der Waals surface area contributed by atoms with Crippen LogP contribution in [-0.2, 0) is 20.9 Å². The molecule has 2 amide bonds. The molecule has 1 heterocycles. The van der Waals surface area contributed by atoms with Gasteiger partial charge in [-0.25, -0.2) is 4.39 Å². The van der Waals surface area contributed by atoms with Crippen molar-refractivity contribution in [1.82, 2.24) is 4.90 Å². The second-order valence-electron chi connectivity index (χ2n) is 3.58. The number of halogens is 2. The normalized spacial score (nSPS) is 16.5. The number of nitrogens with zero attached hydrogens (tertiary/aromatic N) is 1. The van der Waals surface area contributed by atoms with E-state index in [0.29, 0.717) is 5.56 Å². The highest BCUT2D eigenvalue weighted by Gasteiger charge is 2.27. The average Bonchev–Trinajstić information content (AvgIpc) is 2.29. The lowest BCUT2D eigenvalue weighted by molar-refractivity contribution is -0.159. The van der Waals surface area contributed by atoms with Gasteiger partial charge < -0.3 is 4.74 Å². The fraction of sp³-hybridized carbons (Fsp3) is 0.273. The minimum absolute atomic E-state index is 0.0549. The number of ether oxygens (including phenoxy) is 1. The number of imide groups is 1. The summed E-state index contributed by atoms with van der Waals surface area (Å²) >= 11 is 3.09. The molecule has 1 aromatic carbocycles. The third-order valence-corrected chi connectivity index (χ3v) is 3.30. The van der Waals surface area contributed by atoms with Gasteiger partial charge in [0, 0.05) is 0 Å². The second kappa shape index (κ2) is 4.93. The van der Waals surface area contributed by atoms with Gasteiger partial charge in [-0.3, -0.25) is 14.5 Å². The maximum Gasteiger partial charge on any atom is 0.255 e. The van der Waals surface area contributed by atoms with Crippen molar-refractivity contribution in [2.24, 2.45) is 0 Å². The van der Waals surface area contributed by atoms with Crippen LogP contribution in [0.3, 0.4) is 0 Å². The number of hydrogen-bond acceptors (Lipinski definition) is 3. The molecule has 1 aliphatic heterocycles. The molecule has 0 atom stereocenters. The van der Waals surface area contributed by atoms with Gasteiger partial charge >= 0.3 is 0 Å². The van der Waals surface area contributed by atoms with E-state index in [1.807, 2.05) is 0 Å². The molecule has 0 radical (unpaired) electrons. The fourth-order valence-corrected chi connectivity index (χ4v) is 1.93. The van der Waals surface area contributed by atoms with Crippen LogP contribution in [0.4, 0.5) is 4.39 Å². The third kappa shape index (κ3) is 2.53. The van der Waals surface area contributed by atoms with Crippen molar-refractivity contribution in [1.29, 1.82) is 0 Å². The van der Waals surface area contributed by atoms with E-state index in [1.165, 1.54) is 12.1 Å². The summed E-state index contributed by atoms with van der Waals surface area (Å²) in [6.07, 6.45) is 0. The van der Waals surface area contributed by atoms with Crippen LogP contribution < -0.4 is 0 Å². The predicted molar refractivity (Wildman–Crippen MR) is 60.5 cm³/mol. The fourth-order valence-electron chi connectivity index (χ4n) is 1.54. The van der Waals surface area contributed by atoms with Gasteiger partial charge in [-0.2, -0.15) is 0 Å². The molecule has 0 N–H and O–H groups in total. The van der Waals surface area contributed by atoms with Gasteiger partial charge in [0.15, 0.2) is 0 Å². The monoisotopic (exact) mass is 301 g/mol. The number of carbonyl (C=O) groups is 2. The molecular weight excluding hydrogens is 293 g/mol. The van der Waals surface area contributed by atoms with Crippen LogP contribution in [-0.4, -0.2) is 29.9 Å². The average molecular weight is 302 g/mol. The first-order valence-corrected chi connectivity index (χ1v) is 5.72. The Hall–Kier alpha value is -1.27. The Morgan fingerprint density at radius 2 is 1.94 bits per heavy atom. The smallest absolute Gasteiger partial charge is 0.255 e. The molecule has 0 bridgehead atoms. The maximum absolute atomic E-state index is 13.3. The minimum Gasteiger partial charge on any atom is -0.362 e. The zero-order chi connectivity index (χ0) is 12.4. The molecule has 2 rings (SSSR count). The molecule has 90 valence electrons. The van der Waals surface area contributed by atoms with E-state index in [4.69, 9.17) is 4.74 Å². The summed E-state index contributed by atoms with van der Waals surface area (Å²) < 4.78 is 18.3. The first kappa shape index (κ1) is 12.2. The second-order valence-corrected chi connectivity index (χ2v) is 4.37. The van der Waals surface area contributed by atoms with Crippen molar-refractivity contribution in [3.05, 3.63) is 34.1 Å². The Bertz CT molecular complexity index is 462. The number of carbonyl (C=O) groups excluding carboxylic acids is 2. The molecule has 0 saturated carbocycles. The molecule has 0 unspecified atom stereocenters. The van der Waals surface area contributed by atoms with E-state index < -0.39 is 17.6 Å². The van der Waals surface area contributed by atoms with Crippen LogP contribution in [0.1, 0.15) is 5.56 Å². The molecule has 0 aliphatic carbocycles. The van der Waals surface area contributed by atoms with Gasteiger partial charge in [-0.15, -0.1) is 0 Å². The Labute approximate surface area is 105 Å². The Balaban J connectivity index is 2.22. The highest BCUT2D eigenvalue weighted by atomic mass is 79.9. The summed E-state index contributed by atoms with van der Waals surface area (Å²) in [6, 6.07) is 4.49. The van der Waals surface area contributed by atoms with Gasteiger partial charge in [0.25, 0.3) is 11.8 Å². The predicted octanol–water partition coefficient (Wildman–Crippen LogP) is 1.47. The molecule has 17 heavy (non-hydrogen) atoms. The molecule has 6 heteroatoms. The Morgan fingerprint density at radius 1 is 1.29 bits per heavy atom. The highest BCUT2D eigenvalue weighted by Crippen LogP contribution is 2.22. The zero-order valence-electron chi connectivity index (χ0n) is 8.78. The topological polar surface area (TPSA) is 46.6 Å². The summed E-state index contributed by atoms with van der Waals surface area (Å²) in [5.41, 5.74) is 0.550. The number of hydrogen-bond donors (Lipinski definition) is 0. The van der Waals surface area contributed by atoms with Crippen LogP contribution in [0.5, 0.6) is 0 Å². The van der Waals surface area contributed by atoms with Crippen LogP contribution in [0, 0.1) is 5.82 Å². The largest absolute Gasteiger partial charge is 0.362 e. The van der Waals surface area contributed by atoms with E-state index in [9.17, 15) is 14.0 Å². The van der Waals surface area contributed by atoms with Crippen LogP contribution in [0.15, 0.2) is 22.7 Å². The summed E-state index contributed by atoms with van der Waals surface area (Å²) in [5, 5.41) is 0. The van der Waals surface area contributed by atoms with Crippen molar-refractivity contribution >= 4 is 27.7 Å². The lowest BCUT2D eigenvalue weighted by Gasteiger charge is -2.25. The summed E-state index contributed by atoms with van der Waals surface area (Å²) in [4.78, 5) is 24.0.